The molecule has 0 rings (SSSR count). The molecule has 0 amide bonds. The molecule has 48 valence electrons. The van der Waals surface area contributed by atoms with Crippen LogP contribution in [0.4, 0.5) is 0 Å². The van der Waals surface area contributed by atoms with E-state index in [1.165, 1.54) is 0 Å². The molecular weight excluding hydrogens is 187 g/mol. The Morgan fingerprint density at radius 3 is 1.38 bits per heavy atom. The Kier molecular flexibility index (Phi) is 5.34. The Morgan fingerprint density at radius 1 is 1.12 bits per heavy atom. The second-order valence-electron chi connectivity index (χ2n) is 0.922. The zero-order valence-corrected chi connectivity index (χ0v) is 8.28. The fourth-order valence-corrected chi connectivity index (χ4v) is 0.204. The normalized spacial score (nSPS) is 9.00. The summed E-state index contributed by atoms with van der Waals surface area (Å²) in [6, 6.07) is 0. The van der Waals surface area contributed by atoms with E-state index in [2.05, 4.69) is 13.2 Å². The zero-order chi connectivity index (χ0) is 5.91. The van der Waals surface area contributed by atoms with E-state index >= 15 is 0 Å². The maximum absolute atomic E-state index is 10.1. The molecule has 0 fully saturated rings. The van der Waals surface area contributed by atoms with Gasteiger partial charge in [-0.1, -0.05) is 13.2 Å². The van der Waals surface area contributed by atoms with Crippen LogP contribution in [0.3, 0.4) is 0 Å². The van der Waals surface area contributed by atoms with Gasteiger partial charge in [0, 0.05) is 10.8 Å². The van der Waals surface area contributed by atoms with E-state index in [0.717, 1.165) is 10.8 Å². The van der Waals surface area contributed by atoms with Gasteiger partial charge in [0.1, 0.15) is 0 Å². The molecule has 0 spiro atoms. The van der Waals surface area contributed by atoms with Gasteiger partial charge in [-0.25, -0.2) is 8.42 Å². The van der Waals surface area contributed by atoms with E-state index < -0.39 is 9.84 Å². The summed E-state index contributed by atoms with van der Waals surface area (Å²) in [6.07, 6.45) is 0. The predicted octanol–water partition coefficient (Wildman–Crippen LogP) is -0.496. The van der Waals surface area contributed by atoms with Gasteiger partial charge in [0.25, 0.3) is 0 Å². The summed E-state index contributed by atoms with van der Waals surface area (Å²) in [4.78, 5) is 0. The number of hydrogen-bond acceptors (Lipinski definition) is 2. The van der Waals surface area contributed by atoms with Crippen molar-refractivity contribution in [3.8, 4) is 0 Å². The summed E-state index contributed by atoms with van der Waals surface area (Å²) in [5.74, 6) is 0. The van der Waals surface area contributed by atoms with Gasteiger partial charge < -0.3 is 0 Å². The maximum atomic E-state index is 10.1. The van der Waals surface area contributed by atoms with Crippen LogP contribution in [0, 0.1) is 0 Å². The summed E-state index contributed by atoms with van der Waals surface area (Å²) in [6.45, 7) is 6.09. The minimum atomic E-state index is -3.13. The molecule has 2 nitrogen and oxygen atoms in total. The Bertz CT molecular complexity index is 154. The van der Waals surface area contributed by atoms with Crippen molar-refractivity contribution in [1.29, 1.82) is 0 Å². The molecule has 1 atom stereocenters. The summed E-state index contributed by atoms with van der Waals surface area (Å²) >= 11 is 0. The van der Waals surface area contributed by atoms with Crippen molar-refractivity contribution >= 4 is 27.8 Å². The van der Waals surface area contributed by atoms with Crippen LogP contribution in [0.2, 0.25) is 0 Å². The average molecular weight is 196 g/mol. The molecule has 0 aromatic heterocycles. The summed E-state index contributed by atoms with van der Waals surface area (Å²) in [5, 5.41) is 1.69. The SMILES string of the molecule is C=CS(=O)(=O)C=C.[AsH3]. The molecule has 1 unspecified atom stereocenters. The average Bonchev–Trinajstić information content (AvgIpc) is 1.68. The summed E-state index contributed by atoms with van der Waals surface area (Å²) in [7, 11) is -3.13. The molecule has 0 saturated heterocycles. The van der Waals surface area contributed by atoms with Crippen molar-refractivity contribution in [2.45, 2.75) is 0 Å². The standard InChI is InChI=1S/C4H6O2S.AsH3/c1-3-7(5,6)4-2;/h3-4H,1-2H2;1H3. The van der Waals surface area contributed by atoms with Crippen LogP contribution in [0.1, 0.15) is 0 Å². The molecule has 0 N–H and O–H groups in total. The quantitative estimate of drug-likeness (QED) is 0.558. The molecule has 0 aliphatic heterocycles. The van der Waals surface area contributed by atoms with Crippen LogP contribution < -0.4 is 0 Å². The fraction of sp³-hybridized carbons (Fsp3) is 0. The molecule has 0 aliphatic rings. The third kappa shape index (κ3) is 4.16. The zero-order valence-electron chi connectivity index (χ0n) is 4.50. The molecular formula is C4H9AsO2S. The van der Waals surface area contributed by atoms with E-state index in [1.807, 2.05) is 0 Å². The number of rotatable bonds is 2. The van der Waals surface area contributed by atoms with Crippen LogP contribution in [-0.4, -0.2) is 26.4 Å². The molecule has 0 aliphatic carbocycles. The van der Waals surface area contributed by atoms with Crippen LogP contribution in [0.25, 0.3) is 0 Å². The van der Waals surface area contributed by atoms with Crippen LogP contribution in [0.5, 0.6) is 0 Å². The van der Waals surface area contributed by atoms with Crippen molar-refractivity contribution in [2.24, 2.45) is 0 Å². The van der Waals surface area contributed by atoms with Gasteiger partial charge in [-0.15, -0.1) is 0 Å². The van der Waals surface area contributed by atoms with Gasteiger partial charge in [-0.2, -0.15) is 0 Å². The Labute approximate surface area is 60.5 Å². The van der Waals surface area contributed by atoms with E-state index in [1.54, 1.807) is 0 Å². The first-order chi connectivity index (χ1) is 3.12. The molecule has 0 heterocycles. The number of hydrogen-bond donors (Lipinski definition) is 0. The summed E-state index contributed by atoms with van der Waals surface area (Å²) in [5.41, 5.74) is 0. The van der Waals surface area contributed by atoms with Gasteiger partial charge >= 0.3 is 18.0 Å². The van der Waals surface area contributed by atoms with E-state index in [4.69, 9.17) is 0 Å². The summed E-state index contributed by atoms with van der Waals surface area (Å²) < 4.78 is 20.3. The van der Waals surface area contributed by atoms with Crippen molar-refractivity contribution in [1.82, 2.24) is 0 Å². The Morgan fingerprint density at radius 2 is 1.38 bits per heavy atom. The van der Waals surface area contributed by atoms with Crippen molar-refractivity contribution < 1.29 is 8.42 Å². The first-order valence-electron chi connectivity index (χ1n) is 1.62. The third-order valence-electron chi connectivity index (χ3n) is 0.465. The number of sulfone groups is 1. The van der Waals surface area contributed by atoms with Crippen LogP contribution in [0.15, 0.2) is 24.0 Å². The van der Waals surface area contributed by atoms with Crippen LogP contribution in [-0.2, 0) is 9.84 Å². The van der Waals surface area contributed by atoms with E-state index in [0.29, 0.717) is 0 Å². The van der Waals surface area contributed by atoms with Gasteiger partial charge in [-0.05, 0) is 0 Å². The Hall–Kier alpha value is -0.0116. The van der Waals surface area contributed by atoms with Gasteiger partial charge in [0.15, 0.2) is 9.84 Å². The third-order valence-corrected chi connectivity index (χ3v) is 1.39. The molecule has 0 saturated carbocycles. The topological polar surface area (TPSA) is 34.1 Å². The Balaban J connectivity index is 0. The minimum absolute atomic E-state index is 0. The van der Waals surface area contributed by atoms with Crippen molar-refractivity contribution in [3.63, 3.8) is 0 Å². The van der Waals surface area contributed by atoms with Gasteiger partial charge in [0.05, 0.1) is 0 Å². The molecule has 0 aromatic rings. The van der Waals surface area contributed by atoms with Crippen LogP contribution >= 0.6 is 0 Å². The fourth-order valence-electron chi connectivity index (χ4n) is 0.0680. The molecule has 4 heteroatoms. The molecule has 8 heavy (non-hydrogen) atoms. The first-order valence-corrected chi connectivity index (χ1v) is 3.23. The van der Waals surface area contributed by atoms with E-state index in [-0.39, 0.29) is 18.0 Å². The van der Waals surface area contributed by atoms with Crippen molar-refractivity contribution in [2.75, 3.05) is 0 Å². The first kappa shape index (κ1) is 10.9. The second-order valence-corrected chi connectivity index (χ2v) is 2.77. The molecule has 0 radical (unpaired) electrons. The molecule has 0 aromatic carbocycles. The second kappa shape index (κ2) is 3.93. The van der Waals surface area contributed by atoms with Gasteiger partial charge in [0.2, 0.25) is 0 Å². The van der Waals surface area contributed by atoms with Gasteiger partial charge in [-0.3, -0.25) is 0 Å². The monoisotopic (exact) mass is 196 g/mol. The predicted molar refractivity (Wildman–Crippen MR) is 39.3 cm³/mol. The van der Waals surface area contributed by atoms with E-state index in [9.17, 15) is 8.42 Å². The molecule has 0 bridgehead atoms. The van der Waals surface area contributed by atoms with Crippen molar-refractivity contribution in [3.05, 3.63) is 24.0 Å².